The second-order valence-electron chi connectivity index (χ2n) is 6.30. The average Bonchev–Trinajstić information content (AvgIpc) is 2.68. The quantitative estimate of drug-likeness (QED) is 0.649. The fourth-order valence-electron chi connectivity index (χ4n) is 2.75. The lowest BCUT2D eigenvalue weighted by molar-refractivity contribution is -0.130. The van der Waals surface area contributed by atoms with E-state index in [1.54, 1.807) is 24.3 Å². The fourth-order valence-corrected chi connectivity index (χ4v) is 2.75. The maximum atomic E-state index is 12.4. The van der Waals surface area contributed by atoms with Crippen LogP contribution in [0.2, 0.25) is 0 Å². The number of nitrogens with zero attached hydrogens (tertiary/aromatic N) is 2. The zero-order chi connectivity index (χ0) is 20.1. The van der Waals surface area contributed by atoms with E-state index in [1.165, 1.54) is 10.9 Å². The van der Waals surface area contributed by atoms with Gasteiger partial charge < -0.3 is 4.74 Å². The van der Waals surface area contributed by atoms with Gasteiger partial charge in [0.25, 0.3) is 17.4 Å². The van der Waals surface area contributed by atoms with Crippen LogP contribution in [0.25, 0.3) is 10.9 Å². The first-order valence-electron chi connectivity index (χ1n) is 8.66. The number of nitrogens with one attached hydrogen (secondary N) is 2. The van der Waals surface area contributed by atoms with Gasteiger partial charge >= 0.3 is 0 Å². The summed E-state index contributed by atoms with van der Waals surface area (Å²) in [6.07, 6.45) is 1.30. The van der Waals surface area contributed by atoms with Gasteiger partial charge in [-0.05, 0) is 37.1 Å². The molecule has 8 heteroatoms. The van der Waals surface area contributed by atoms with E-state index >= 15 is 0 Å². The molecule has 2 N–H and O–H groups in total. The molecule has 0 aliphatic heterocycles. The lowest BCUT2D eigenvalue weighted by Crippen LogP contribution is -2.46. The topological polar surface area (TPSA) is 102 Å². The van der Waals surface area contributed by atoms with Gasteiger partial charge in [-0.1, -0.05) is 30.3 Å². The van der Waals surface area contributed by atoms with Gasteiger partial charge in [0.2, 0.25) is 0 Å². The second kappa shape index (κ2) is 8.34. The number of fused-ring (bicyclic) bond motifs is 1. The second-order valence-corrected chi connectivity index (χ2v) is 6.30. The van der Waals surface area contributed by atoms with E-state index in [1.807, 2.05) is 32.0 Å². The number of hydrogen-bond donors (Lipinski definition) is 2. The highest BCUT2D eigenvalue weighted by atomic mass is 16.5. The predicted molar refractivity (Wildman–Crippen MR) is 104 cm³/mol. The zero-order valence-corrected chi connectivity index (χ0v) is 15.6. The Balaban J connectivity index is 1.54. The third-order valence-corrected chi connectivity index (χ3v) is 4.14. The van der Waals surface area contributed by atoms with Crippen LogP contribution in [0.3, 0.4) is 0 Å². The van der Waals surface area contributed by atoms with E-state index in [4.69, 9.17) is 4.74 Å². The lowest BCUT2D eigenvalue weighted by atomic mass is 10.1. The monoisotopic (exact) mass is 380 g/mol. The molecule has 3 aromatic rings. The molecule has 1 heterocycles. The number of aromatic nitrogens is 2. The minimum Gasteiger partial charge on any atom is -0.483 e. The summed E-state index contributed by atoms with van der Waals surface area (Å²) in [6, 6.07) is 12.5. The van der Waals surface area contributed by atoms with Crippen molar-refractivity contribution in [3.8, 4) is 5.75 Å². The maximum Gasteiger partial charge on any atom is 0.276 e. The minimum absolute atomic E-state index is 0.247. The summed E-state index contributed by atoms with van der Waals surface area (Å²) in [7, 11) is 0. The van der Waals surface area contributed by atoms with Crippen molar-refractivity contribution in [2.24, 2.45) is 0 Å². The van der Waals surface area contributed by atoms with E-state index in [0.717, 1.165) is 11.1 Å². The molecule has 0 unspecified atom stereocenters. The van der Waals surface area contributed by atoms with Gasteiger partial charge in [-0.2, -0.15) is 0 Å². The Bertz CT molecular complexity index is 1070. The number of carbonyl (C=O) groups is 2. The van der Waals surface area contributed by atoms with Crippen LogP contribution in [0.4, 0.5) is 0 Å². The molecule has 3 rings (SSSR count). The first-order chi connectivity index (χ1) is 13.5. The molecule has 28 heavy (non-hydrogen) atoms. The third-order valence-electron chi connectivity index (χ3n) is 4.14. The van der Waals surface area contributed by atoms with Crippen molar-refractivity contribution in [3.05, 3.63) is 70.3 Å². The van der Waals surface area contributed by atoms with Crippen LogP contribution < -0.4 is 21.1 Å². The van der Waals surface area contributed by atoms with Gasteiger partial charge in [0.1, 0.15) is 12.3 Å². The van der Waals surface area contributed by atoms with Crippen LogP contribution >= 0.6 is 0 Å². The molecule has 8 nitrogen and oxygen atoms in total. The number of para-hydroxylation sites is 2. The first kappa shape index (κ1) is 19.1. The number of carbonyl (C=O) groups excluding carboxylic acids is 2. The summed E-state index contributed by atoms with van der Waals surface area (Å²) >= 11 is 0. The summed E-state index contributed by atoms with van der Waals surface area (Å²) in [4.78, 5) is 40.4. The Morgan fingerprint density at radius 1 is 1.00 bits per heavy atom. The van der Waals surface area contributed by atoms with Crippen molar-refractivity contribution in [3.63, 3.8) is 0 Å². The molecule has 0 fully saturated rings. The van der Waals surface area contributed by atoms with Crippen LogP contribution in [0.5, 0.6) is 5.75 Å². The Kier molecular flexibility index (Phi) is 5.69. The molecule has 0 aliphatic rings. The van der Waals surface area contributed by atoms with Gasteiger partial charge in [-0.15, -0.1) is 0 Å². The van der Waals surface area contributed by atoms with E-state index < -0.39 is 11.8 Å². The summed E-state index contributed by atoms with van der Waals surface area (Å²) in [5.41, 5.74) is 6.60. The van der Waals surface area contributed by atoms with E-state index in [-0.39, 0.29) is 18.7 Å². The molecule has 144 valence electrons. The standard InChI is InChI=1S/C20H20N4O4/c1-13-6-5-7-14(2)19(13)28-11-18(26)23-22-17(25)10-24-12-21-16-9-4-3-8-15(16)20(24)27/h3-9,12H,10-11H2,1-2H3,(H,22,25)(H,23,26). The lowest BCUT2D eigenvalue weighted by Gasteiger charge is -2.12. The van der Waals surface area contributed by atoms with Crippen molar-refractivity contribution in [2.45, 2.75) is 20.4 Å². The molecule has 1 aromatic heterocycles. The minimum atomic E-state index is -0.556. The van der Waals surface area contributed by atoms with Crippen LogP contribution in [0.15, 0.2) is 53.6 Å². The first-order valence-corrected chi connectivity index (χ1v) is 8.66. The molecule has 2 amide bonds. The highest BCUT2D eigenvalue weighted by Crippen LogP contribution is 2.21. The van der Waals surface area contributed by atoms with Crippen LogP contribution in [-0.4, -0.2) is 28.0 Å². The Hall–Kier alpha value is -3.68. The molecule has 0 aliphatic carbocycles. The van der Waals surface area contributed by atoms with Gasteiger partial charge in [-0.25, -0.2) is 4.98 Å². The average molecular weight is 380 g/mol. The van der Waals surface area contributed by atoms with Crippen LogP contribution in [0, 0.1) is 13.8 Å². The number of hydrogen-bond acceptors (Lipinski definition) is 5. The fraction of sp³-hybridized carbons (Fsp3) is 0.200. The Labute approximate surface area is 161 Å². The van der Waals surface area contributed by atoms with Crippen molar-refractivity contribution >= 4 is 22.7 Å². The summed E-state index contributed by atoms with van der Waals surface area (Å²) in [5, 5.41) is 0.420. The largest absolute Gasteiger partial charge is 0.483 e. The van der Waals surface area contributed by atoms with Crippen molar-refractivity contribution in [1.29, 1.82) is 0 Å². The van der Waals surface area contributed by atoms with E-state index in [2.05, 4.69) is 15.8 Å². The number of hydrazine groups is 1. The third kappa shape index (κ3) is 4.35. The van der Waals surface area contributed by atoms with Crippen molar-refractivity contribution in [1.82, 2.24) is 20.4 Å². The number of rotatable bonds is 5. The summed E-state index contributed by atoms with van der Waals surface area (Å²) in [6.45, 7) is 3.26. The SMILES string of the molecule is Cc1cccc(C)c1OCC(=O)NNC(=O)Cn1cnc2ccccc2c1=O. The number of ether oxygens (including phenoxy) is 1. The van der Waals surface area contributed by atoms with E-state index in [0.29, 0.717) is 16.7 Å². The molecule has 0 atom stereocenters. The van der Waals surface area contributed by atoms with Gasteiger partial charge in [-0.3, -0.25) is 29.8 Å². The van der Waals surface area contributed by atoms with Crippen LogP contribution in [-0.2, 0) is 16.1 Å². The Morgan fingerprint density at radius 2 is 1.68 bits per heavy atom. The van der Waals surface area contributed by atoms with Gasteiger partial charge in [0.15, 0.2) is 6.61 Å². The van der Waals surface area contributed by atoms with E-state index in [9.17, 15) is 14.4 Å². The zero-order valence-electron chi connectivity index (χ0n) is 15.6. The highest BCUT2D eigenvalue weighted by molar-refractivity contribution is 5.83. The molecular formula is C20H20N4O4. The molecule has 0 bridgehead atoms. The molecule has 2 aromatic carbocycles. The van der Waals surface area contributed by atoms with Crippen molar-refractivity contribution in [2.75, 3.05) is 6.61 Å². The number of benzene rings is 2. The summed E-state index contributed by atoms with van der Waals surface area (Å²) < 4.78 is 6.70. The maximum absolute atomic E-state index is 12.4. The molecule has 0 radical (unpaired) electrons. The molecule has 0 saturated heterocycles. The number of amides is 2. The van der Waals surface area contributed by atoms with Crippen molar-refractivity contribution < 1.29 is 14.3 Å². The van der Waals surface area contributed by atoms with Crippen LogP contribution in [0.1, 0.15) is 11.1 Å². The summed E-state index contributed by atoms with van der Waals surface area (Å²) in [5.74, 6) is -0.433. The van der Waals surface area contributed by atoms with Gasteiger partial charge in [0.05, 0.1) is 17.2 Å². The molecular weight excluding hydrogens is 360 g/mol. The smallest absolute Gasteiger partial charge is 0.276 e. The molecule has 0 spiro atoms. The number of aryl methyl sites for hydroxylation is 2. The van der Waals surface area contributed by atoms with Gasteiger partial charge in [0, 0.05) is 0 Å². The molecule has 0 saturated carbocycles. The predicted octanol–water partition coefficient (Wildman–Crippen LogP) is 1.24. The normalized spacial score (nSPS) is 10.5. The Morgan fingerprint density at radius 3 is 2.43 bits per heavy atom. The highest BCUT2D eigenvalue weighted by Gasteiger charge is 2.10.